The summed E-state index contributed by atoms with van der Waals surface area (Å²) in [5.41, 5.74) is 1.11. The van der Waals surface area contributed by atoms with Crippen molar-refractivity contribution in [2.75, 3.05) is 0 Å². The lowest BCUT2D eigenvalue weighted by molar-refractivity contribution is -0.128. The smallest absolute Gasteiger partial charge is 0.374 e. The predicted octanol–water partition coefficient (Wildman–Crippen LogP) is 2.90. The van der Waals surface area contributed by atoms with Crippen LogP contribution in [0, 0.1) is 0 Å². The maximum atomic E-state index is 12.5. The molecular formula is C20H22N2O5. The van der Waals surface area contributed by atoms with E-state index in [1.165, 1.54) is 6.07 Å². The average Bonchev–Trinajstić information content (AvgIpc) is 3.21. The summed E-state index contributed by atoms with van der Waals surface area (Å²) in [4.78, 5) is 37.6. The quantitative estimate of drug-likeness (QED) is 0.598. The zero-order valence-corrected chi connectivity index (χ0v) is 15.3. The van der Waals surface area contributed by atoms with Gasteiger partial charge in [-0.2, -0.15) is 0 Å². The Balaban J connectivity index is 1.59. The number of aryl methyl sites for hydroxylation is 1. The number of nitrogens with zero attached hydrogens (tertiary/aromatic N) is 1. The summed E-state index contributed by atoms with van der Waals surface area (Å²) in [5, 5.41) is 2.70. The number of ether oxygens (including phenoxy) is 1. The van der Waals surface area contributed by atoms with Crippen LogP contribution in [-0.4, -0.2) is 35.0 Å². The molecule has 3 rings (SSSR count). The third kappa shape index (κ3) is 4.55. The van der Waals surface area contributed by atoms with Crippen molar-refractivity contribution in [1.29, 1.82) is 0 Å². The van der Waals surface area contributed by atoms with Crippen LogP contribution in [0.5, 0.6) is 0 Å². The number of urea groups is 1. The molecule has 7 nitrogen and oxygen atoms in total. The Morgan fingerprint density at radius 1 is 1.19 bits per heavy atom. The van der Waals surface area contributed by atoms with Crippen LogP contribution < -0.4 is 5.32 Å². The van der Waals surface area contributed by atoms with Crippen molar-refractivity contribution in [3.63, 3.8) is 0 Å². The van der Waals surface area contributed by atoms with Gasteiger partial charge in [-0.15, -0.1) is 0 Å². The SMILES string of the molecule is CC(C)OC(=O)c1ccc(CN2C(=O)N[C@H](CCc3ccccc3)C2=O)o1. The molecule has 1 aromatic carbocycles. The summed E-state index contributed by atoms with van der Waals surface area (Å²) in [7, 11) is 0. The molecule has 1 atom stereocenters. The molecule has 7 heteroatoms. The van der Waals surface area contributed by atoms with E-state index in [4.69, 9.17) is 9.15 Å². The number of esters is 1. The van der Waals surface area contributed by atoms with E-state index in [0.29, 0.717) is 18.6 Å². The summed E-state index contributed by atoms with van der Waals surface area (Å²) < 4.78 is 10.5. The second-order valence-corrected chi connectivity index (χ2v) is 6.67. The highest BCUT2D eigenvalue weighted by atomic mass is 16.6. The molecule has 0 unspecified atom stereocenters. The molecule has 1 aromatic heterocycles. The Bertz CT molecular complexity index is 828. The second kappa shape index (κ2) is 8.07. The first-order valence-electron chi connectivity index (χ1n) is 8.89. The van der Waals surface area contributed by atoms with E-state index in [1.807, 2.05) is 30.3 Å². The highest BCUT2D eigenvalue weighted by Gasteiger charge is 2.38. The van der Waals surface area contributed by atoms with Crippen LogP contribution >= 0.6 is 0 Å². The van der Waals surface area contributed by atoms with E-state index in [2.05, 4.69) is 5.32 Å². The van der Waals surface area contributed by atoms with Gasteiger partial charge in [-0.1, -0.05) is 30.3 Å². The number of carbonyl (C=O) groups excluding carboxylic acids is 3. The molecule has 2 aromatic rings. The first kappa shape index (κ1) is 18.7. The molecule has 2 heterocycles. The monoisotopic (exact) mass is 370 g/mol. The first-order valence-corrected chi connectivity index (χ1v) is 8.89. The standard InChI is InChI=1S/C20H22N2O5/c1-13(2)26-19(24)17-11-9-15(27-17)12-22-18(23)16(21-20(22)25)10-8-14-6-4-3-5-7-14/h3-7,9,11,13,16H,8,10,12H2,1-2H3,(H,21,25)/t16-/m1/s1. The molecular weight excluding hydrogens is 348 g/mol. The van der Waals surface area contributed by atoms with E-state index in [-0.39, 0.29) is 24.3 Å². The van der Waals surface area contributed by atoms with Crippen molar-refractivity contribution in [2.45, 2.75) is 45.4 Å². The number of carbonyl (C=O) groups is 3. The Hall–Kier alpha value is -3.09. The van der Waals surface area contributed by atoms with Gasteiger partial charge in [0.2, 0.25) is 5.76 Å². The van der Waals surface area contributed by atoms with Crippen molar-refractivity contribution in [1.82, 2.24) is 10.2 Å². The topological polar surface area (TPSA) is 88.9 Å². The third-order valence-electron chi connectivity index (χ3n) is 4.19. The number of amides is 3. The minimum Gasteiger partial charge on any atom is -0.457 e. The van der Waals surface area contributed by atoms with Crippen molar-refractivity contribution in [3.8, 4) is 0 Å². The van der Waals surface area contributed by atoms with E-state index in [0.717, 1.165) is 10.5 Å². The van der Waals surface area contributed by atoms with Gasteiger partial charge in [0.15, 0.2) is 0 Å². The van der Waals surface area contributed by atoms with E-state index in [9.17, 15) is 14.4 Å². The molecule has 1 aliphatic rings. The van der Waals surface area contributed by atoms with Crippen LogP contribution in [0.4, 0.5) is 4.79 Å². The van der Waals surface area contributed by atoms with Crippen LogP contribution in [0.15, 0.2) is 46.9 Å². The fraction of sp³-hybridized carbons (Fsp3) is 0.350. The highest BCUT2D eigenvalue weighted by Crippen LogP contribution is 2.18. The normalized spacial score (nSPS) is 16.7. The summed E-state index contributed by atoms with van der Waals surface area (Å²) >= 11 is 0. The van der Waals surface area contributed by atoms with Gasteiger partial charge in [-0.05, 0) is 44.4 Å². The van der Waals surface area contributed by atoms with Crippen molar-refractivity contribution >= 4 is 17.9 Å². The summed E-state index contributed by atoms with van der Waals surface area (Å²) in [5.74, 6) is -0.475. The van der Waals surface area contributed by atoms with Crippen LogP contribution in [0.3, 0.4) is 0 Å². The van der Waals surface area contributed by atoms with Crippen LogP contribution in [-0.2, 0) is 22.5 Å². The van der Waals surface area contributed by atoms with Crippen molar-refractivity contribution < 1.29 is 23.5 Å². The zero-order valence-electron chi connectivity index (χ0n) is 15.3. The van der Waals surface area contributed by atoms with Gasteiger partial charge < -0.3 is 14.5 Å². The molecule has 142 valence electrons. The third-order valence-corrected chi connectivity index (χ3v) is 4.19. The highest BCUT2D eigenvalue weighted by molar-refractivity contribution is 6.04. The lowest BCUT2D eigenvalue weighted by atomic mass is 10.1. The van der Waals surface area contributed by atoms with Crippen LogP contribution in [0.2, 0.25) is 0 Å². The second-order valence-electron chi connectivity index (χ2n) is 6.67. The largest absolute Gasteiger partial charge is 0.457 e. The van der Waals surface area contributed by atoms with Gasteiger partial charge >= 0.3 is 12.0 Å². The Labute approximate surface area is 157 Å². The fourth-order valence-electron chi connectivity index (χ4n) is 2.88. The maximum absolute atomic E-state index is 12.5. The number of imide groups is 1. The molecule has 1 saturated heterocycles. The van der Waals surface area contributed by atoms with Gasteiger partial charge in [0.25, 0.3) is 5.91 Å². The molecule has 0 aliphatic carbocycles. The Morgan fingerprint density at radius 2 is 1.93 bits per heavy atom. The van der Waals surface area contributed by atoms with E-state index < -0.39 is 18.0 Å². The molecule has 0 spiro atoms. The van der Waals surface area contributed by atoms with Gasteiger partial charge in [0, 0.05) is 0 Å². The lowest BCUT2D eigenvalue weighted by Crippen LogP contribution is -2.31. The van der Waals surface area contributed by atoms with Crippen LogP contribution in [0.1, 0.15) is 42.1 Å². The maximum Gasteiger partial charge on any atom is 0.374 e. The molecule has 1 fully saturated rings. The van der Waals surface area contributed by atoms with E-state index >= 15 is 0 Å². The number of rotatable bonds is 7. The number of benzene rings is 1. The van der Waals surface area contributed by atoms with Gasteiger partial charge in [-0.25, -0.2) is 9.59 Å². The summed E-state index contributed by atoms with van der Waals surface area (Å²) in [6.07, 6.45) is 0.953. The van der Waals surface area contributed by atoms with Gasteiger partial charge in [0.05, 0.1) is 12.6 Å². The number of furan rings is 1. The van der Waals surface area contributed by atoms with Gasteiger partial charge in [-0.3, -0.25) is 9.69 Å². The molecule has 0 saturated carbocycles. The summed E-state index contributed by atoms with van der Waals surface area (Å²) in [6, 6.07) is 11.8. The molecule has 27 heavy (non-hydrogen) atoms. The zero-order chi connectivity index (χ0) is 19.4. The predicted molar refractivity (Wildman–Crippen MR) is 96.9 cm³/mol. The molecule has 1 N–H and O–H groups in total. The van der Waals surface area contributed by atoms with Crippen LogP contribution in [0.25, 0.3) is 0 Å². The van der Waals surface area contributed by atoms with Crippen molar-refractivity contribution in [3.05, 3.63) is 59.5 Å². The van der Waals surface area contributed by atoms with E-state index in [1.54, 1.807) is 19.9 Å². The Kier molecular flexibility index (Phi) is 5.59. The molecule has 0 bridgehead atoms. The summed E-state index contributed by atoms with van der Waals surface area (Å²) in [6.45, 7) is 3.45. The fourth-order valence-corrected chi connectivity index (χ4v) is 2.88. The minimum atomic E-state index is -0.575. The number of nitrogens with one attached hydrogen (secondary N) is 1. The lowest BCUT2D eigenvalue weighted by Gasteiger charge is -2.11. The number of hydrogen-bond donors (Lipinski definition) is 1. The van der Waals surface area contributed by atoms with Crippen molar-refractivity contribution in [2.24, 2.45) is 0 Å². The first-order chi connectivity index (χ1) is 12.9. The molecule has 0 radical (unpaired) electrons. The molecule has 3 amide bonds. The number of hydrogen-bond acceptors (Lipinski definition) is 5. The average molecular weight is 370 g/mol. The van der Waals surface area contributed by atoms with Gasteiger partial charge in [0.1, 0.15) is 11.8 Å². The minimum absolute atomic E-state index is 0.0263. The Morgan fingerprint density at radius 3 is 2.63 bits per heavy atom. The molecule has 1 aliphatic heterocycles.